The number of rotatable bonds is 3. The highest BCUT2D eigenvalue weighted by Crippen LogP contribution is 2.05. The molecule has 6 nitrogen and oxygen atoms in total. The van der Waals surface area contributed by atoms with E-state index in [1.807, 2.05) is 0 Å². The average Bonchev–Trinajstić information content (AvgIpc) is 2.76. The van der Waals surface area contributed by atoms with E-state index < -0.39 is 0 Å². The standard InChI is InChI=1S/C10H10FN5O/c11-8-3-1-2-7(4-8)5-16-6-13-10(14-16)9(12)15-17/h1-4,6,17H,5H2,(H2,12,15). The molecule has 17 heavy (non-hydrogen) atoms. The highest BCUT2D eigenvalue weighted by molar-refractivity contribution is 5.93. The molecule has 0 aliphatic carbocycles. The molecule has 0 spiro atoms. The Kier molecular flexibility index (Phi) is 2.99. The van der Waals surface area contributed by atoms with E-state index in [0.717, 1.165) is 5.56 Å². The predicted molar refractivity (Wildman–Crippen MR) is 58.0 cm³/mol. The number of hydrogen-bond donors (Lipinski definition) is 2. The third-order valence-electron chi connectivity index (χ3n) is 2.11. The summed E-state index contributed by atoms with van der Waals surface area (Å²) in [6.45, 7) is 0.365. The molecule has 0 fully saturated rings. The maximum Gasteiger partial charge on any atom is 0.219 e. The largest absolute Gasteiger partial charge is 0.409 e. The van der Waals surface area contributed by atoms with Gasteiger partial charge in [-0.05, 0) is 17.7 Å². The van der Waals surface area contributed by atoms with E-state index >= 15 is 0 Å². The third-order valence-corrected chi connectivity index (χ3v) is 2.11. The number of oxime groups is 1. The number of benzene rings is 1. The molecule has 1 aromatic carbocycles. The first-order chi connectivity index (χ1) is 8.19. The lowest BCUT2D eigenvalue weighted by Gasteiger charge is -2.00. The highest BCUT2D eigenvalue weighted by Gasteiger charge is 2.06. The minimum Gasteiger partial charge on any atom is -0.409 e. The van der Waals surface area contributed by atoms with Crippen molar-refractivity contribution in [2.75, 3.05) is 0 Å². The first-order valence-corrected chi connectivity index (χ1v) is 4.81. The fraction of sp³-hybridized carbons (Fsp3) is 0.100. The van der Waals surface area contributed by atoms with E-state index in [1.165, 1.54) is 23.1 Å². The summed E-state index contributed by atoms with van der Waals surface area (Å²) in [6, 6.07) is 6.16. The molecule has 7 heteroatoms. The Morgan fingerprint density at radius 3 is 3.06 bits per heavy atom. The predicted octanol–water partition coefficient (Wildman–Crippen LogP) is 0.560. The molecular formula is C10H10FN5O. The molecule has 2 aromatic rings. The van der Waals surface area contributed by atoms with Crippen molar-refractivity contribution in [3.63, 3.8) is 0 Å². The Hall–Kier alpha value is -2.44. The van der Waals surface area contributed by atoms with Gasteiger partial charge in [-0.3, -0.25) is 0 Å². The van der Waals surface area contributed by atoms with Gasteiger partial charge in [0.2, 0.25) is 11.7 Å². The zero-order valence-electron chi connectivity index (χ0n) is 8.79. The van der Waals surface area contributed by atoms with Crippen molar-refractivity contribution in [3.8, 4) is 0 Å². The smallest absolute Gasteiger partial charge is 0.219 e. The zero-order valence-corrected chi connectivity index (χ0v) is 8.79. The first-order valence-electron chi connectivity index (χ1n) is 4.81. The summed E-state index contributed by atoms with van der Waals surface area (Å²) in [5.41, 5.74) is 6.08. The molecule has 3 N–H and O–H groups in total. The van der Waals surface area contributed by atoms with Crippen molar-refractivity contribution < 1.29 is 9.60 Å². The molecular weight excluding hydrogens is 225 g/mol. The number of amidine groups is 1. The van der Waals surface area contributed by atoms with Crippen LogP contribution in [0, 0.1) is 5.82 Å². The molecule has 0 radical (unpaired) electrons. The molecule has 0 atom stereocenters. The lowest BCUT2D eigenvalue weighted by molar-refractivity contribution is 0.318. The minimum atomic E-state index is -0.306. The van der Waals surface area contributed by atoms with Gasteiger partial charge < -0.3 is 10.9 Å². The van der Waals surface area contributed by atoms with Crippen LogP contribution in [0.15, 0.2) is 35.7 Å². The van der Waals surface area contributed by atoms with Crippen LogP contribution in [0.1, 0.15) is 11.4 Å². The Labute approximate surface area is 96.2 Å². The van der Waals surface area contributed by atoms with Crippen molar-refractivity contribution in [1.82, 2.24) is 14.8 Å². The van der Waals surface area contributed by atoms with Gasteiger partial charge in [-0.2, -0.15) is 0 Å². The number of nitrogens with zero attached hydrogens (tertiary/aromatic N) is 4. The van der Waals surface area contributed by atoms with Crippen LogP contribution in [0.2, 0.25) is 0 Å². The maximum absolute atomic E-state index is 12.9. The molecule has 1 aromatic heterocycles. The fourth-order valence-electron chi connectivity index (χ4n) is 1.36. The van der Waals surface area contributed by atoms with Gasteiger partial charge in [-0.15, -0.1) is 5.10 Å². The van der Waals surface area contributed by atoms with Crippen LogP contribution in [-0.4, -0.2) is 25.8 Å². The molecule has 0 amide bonds. The van der Waals surface area contributed by atoms with Crippen LogP contribution in [0.3, 0.4) is 0 Å². The normalized spacial score (nSPS) is 11.7. The van der Waals surface area contributed by atoms with E-state index in [0.29, 0.717) is 6.54 Å². The molecule has 0 aliphatic heterocycles. The molecule has 1 heterocycles. The summed E-state index contributed by atoms with van der Waals surface area (Å²) in [4.78, 5) is 3.85. The molecule has 0 aliphatic rings. The Balaban J connectivity index is 2.17. The fourth-order valence-corrected chi connectivity index (χ4v) is 1.36. The molecule has 2 rings (SSSR count). The van der Waals surface area contributed by atoms with Crippen LogP contribution in [0.25, 0.3) is 0 Å². The van der Waals surface area contributed by atoms with Crippen molar-refractivity contribution >= 4 is 5.84 Å². The molecule has 0 unspecified atom stereocenters. The van der Waals surface area contributed by atoms with Crippen molar-refractivity contribution in [2.45, 2.75) is 6.54 Å². The summed E-state index contributed by atoms with van der Waals surface area (Å²) in [6.07, 6.45) is 1.43. The summed E-state index contributed by atoms with van der Waals surface area (Å²) in [5.74, 6) is -0.342. The van der Waals surface area contributed by atoms with Gasteiger partial charge in [0.05, 0.1) is 6.54 Å². The summed E-state index contributed by atoms with van der Waals surface area (Å²) >= 11 is 0. The van der Waals surface area contributed by atoms with E-state index in [4.69, 9.17) is 10.9 Å². The second kappa shape index (κ2) is 4.60. The summed E-state index contributed by atoms with van der Waals surface area (Å²) in [5, 5.41) is 15.2. The Morgan fingerprint density at radius 2 is 2.35 bits per heavy atom. The molecule has 0 bridgehead atoms. The number of halogens is 1. The number of aromatic nitrogens is 3. The lowest BCUT2D eigenvalue weighted by atomic mass is 10.2. The van der Waals surface area contributed by atoms with Crippen LogP contribution in [-0.2, 0) is 6.54 Å². The lowest BCUT2D eigenvalue weighted by Crippen LogP contribution is -2.15. The van der Waals surface area contributed by atoms with Gasteiger partial charge in [0, 0.05) is 0 Å². The second-order valence-corrected chi connectivity index (χ2v) is 3.38. The van der Waals surface area contributed by atoms with E-state index in [1.54, 1.807) is 12.1 Å². The number of nitrogens with two attached hydrogens (primary N) is 1. The molecule has 0 saturated carbocycles. The maximum atomic E-state index is 12.9. The minimum absolute atomic E-state index is 0.129. The Bertz CT molecular complexity index is 551. The Morgan fingerprint density at radius 1 is 1.53 bits per heavy atom. The quantitative estimate of drug-likeness (QED) is 0.352. The molecule has 0 saturated heterocycles. The van der Waals surface area contributed by atoms with Crippen molar-refractivity contribution in [3.05, 3.63) is 47.8 Å². The van der Waals surface area contributed by atoms with Gasteiger partial charge in [0.25, 0.3) is 0 Å². The molecule has 88 valence electrons. The van der Waals surface area contributed by atoms with Crippen LogP contribution >= 0.6 is 0 Å². The van der Waals surface area contributed by atoms with E-state index in [9.17, 15) is 4.39 Å². The van der Waals surface area contributed by atoms with Crippen molar-refractivity contribution in [2.24, 2.45) is 10.9 Å². The summed E-state index contributed by atoms with van der Waals surface area (Å²) in [7, 11) is 0. The van der Waals surface area contributed by atoms with Gasteiger partial charge in [-0.25, -0.2) is 14.1 Å². The zero-order chi connectivity index (χ0) is 12.3. The van der Waals surface area contributed by atoms with Crippen LogP contribution in [0.5, 0.6) is 0 Å². The van der Waals surface area contributed by atoms with Gasteiger partial charge >= 0.3 is 0 Å². The van der Waals surface area contributed by atoms with E-state index in [2.05, 4.69) is 15.2 Å². The van der Waals surface area contributed by atoms with Gasteiger partial charge in [0.1, 0.15) is 12.1 Å². The monoisotopic (exact) mass is 235 g/mol. The van der Waals surface area contributed by atoms with E-state index in [-0.39, 0.29) is 17.5 Å². The average molecular weight is 235 g/mol. The SMILES string of the molecule is NC(=NO)c1ncn(Cc2cccc(F)c2)n1. The topological polar surface area (TPSA) is 89.3 Å². The van der Waals surface area contributed by atoms with Crippen molar-refractivity contribution in [1.29, 1.82) is 0 Å². The first kappa shape index (κ1) is 11.1. The second-order valence-electron chi connectivity index (χ2n) is 3.38. The number of hydrogen-bond acceptors (Lipinski definition) is 4. The van der Waals surface area contributed by atoms with Gasteiger partial charge in [-0.1, -0.05) is 17.3 Å². The summed E-state index contributed by atoms with van der Waals surface area (Å²) < 4.78 is 14.4. The van der Waals surface area contributed by atoms with Crippen LogP contribution < -0.4 is 5.73 Å². The highest BCUT2D eigenvalue weighted by atomic mass is 19.1. The van der Waals surface area contributed by atoms with Gasteiger partial charge in [0.15, 0.2) is 0 Å². The van der Waals surface area contributed by atoms with Crippen LogP contribution in [0.4, 0.5) is 4.39 Å². The third kappa shape index (κ3) is 2.57.